The van der Waals surface area contributed by atoms with Gasteiger partial charge >= 0.3 is 0 Å². The van der Waals surface area contributed by atoms with E-state index in [0.29, 0.717) is 12.0 Å². The smallest absolute Gasteiger partial charge is 0.0613 e. The van der Waals surface area contributed by atoms with Gasteiger partial charge in [-0.05, 0) is 31.6 Å². The molecule has 2 aliphatic rings. The SMILES string of the molecule is CCC1OCCC1CNCC1(N)CC1. The van der Waals surface area contributed by atoms with E-state index in [0.717, 1.165) is 26.1 Å². The van der Waals surface area contributed by atoms with E-state index in [-0.39, 0.29) is 5.54 Å². The molecule has 0 aromatic heterocycles. The number of ether oxygens (including phenoxy) is 1. The third kappa shape index (κ3) is 2.47. The van der Waals surface area contributed by atoms with Crippen molar-refractivity contribution in [3.63, 3.8) is 0 Å². The van der Waals surface area contributed by atoms with Crippen LogP contribution in [-0.2, 0) is 4.74 Å². The second-order valence-corrected chi connectivity index (χ2v) is 4.86. The molecule has 1 heterocycles. The molecule has 1 aliphatic heterocycles. The maximum absolute atomic E-state index is 6.00. The molecule has 1 aliphatic carbocycles. The molecule has 1 saturated carbocycles. The fourth-order valence-electron chi connectivity index (χ4n) is 2.22. The summed E-state index contributed by atoms with van der Waals surface area (Å²) < 4.78 is 5.64. The lowest BCUT2D eigenvalue weighted by molar-refractivity contribution is 0.0872. The minimum atomic E-state index is 0.140. The molecule has 0 aromatic carbocycles. The van der Waals surface area contributed by atoms with Crippen molar-refractivity contribution in [3.05, 3.63) is 0 Å². The summed E-state index contributed by atoms with van der Waals surface area (Å²) in [5, 5.41) is 3.49. The molecule has 3 N–H and O–H groups in total. The van der Waals surface area contributed by atoms with Crippen LogP contribution in [0.3, 0.4) is 0 Å². The molecule has 2 fully saturated rings. The second kappa shape index (κ2) is 4.17. The molecule has 0 spiro atoms. The summed E-state index contributed by atoms with van der Waals surface area (Å²) in [4.78, 5) is 0. The van der Waals surface area contributed by atoms with Crippen molar-refractivity contribution in [1.82, 2.24) is 5.32 Å². The van der Waals surface area contributed by atoms with Gasteiger partial charge in [0.15, 0.2) is 0 Å². The van der Waals surface area contributed by atoms with E-state index < -0.39 is 0 Å². The van der Waals surface area contributed by atoms with Crippen molar-refractivity contribution in [3.8, 4) is 0 Å². The first-order chi connectivity index (χ1) is 6.73. The van der Waals surface area contributed by atoms with Gasteiger partial charge in [-0.2, -0.15) is 0 Å². The summed E-state index contributed by atoms with van der Waals surface area (Å²) in [5.41, 5.74) is 6.14. The van der Waals surface area contributed by atoms with Crippen LogP contribution in [0.25, 0.3) is 0 Å². The van der Waals surface area contributed by atoms with Crippen LogP contribution in [0.5, 0.6) is 0 Å². The zero-order chi connectivity index (χ0) is 10.0. The maximum Gasteiger partial charge on any atom is 0.0613 e. The Bertz CT molecular complexity index is 192. The van der Waals surface area contributed by atoms with Gasteiger partial charge in [0, 0.05) is 25.2 Å². The molecule has 2 rings (SSSR count). The minimum Gasteiger partial charge on any atom is -0.378 e. The summed E-state index contributed by atoms with van der Waals surface area (Å²) in [6, 6.07) is 0. The number of hydrogen-bond donors (Lipinski definition) is 2. The van der Waals surface area contributed by atoms with Crippen LogP contribution in [0.4, 0.5) is 0 Å². The highest BCUT2D eigenvalue weighted by molar-refractivity contribution is 5.00. The fraction of sp³-hybridized carbons (Fsp3) is 1.00. The van der Waals surface area contributed by atoms with Crippen molar-refractivity contribution >= 4 is 0 Å². The quantitative estimate of drug-likeness (QED) is 0.689. The number of nitrogens with two attached hydrogens (primary N) is 1. The Morgan fingerprint density at radius 3 is 2.93 bits per heavy atom. The lowest BCUT2D eigenvalue weighted by Crippen LogP contribution is -2.39. The molecule has 0 aromatic rings. The minimum absolute atomic E-state index is 0.140. The molecule has 0 amide bonds. The van der Waals surface area contributed by atoms with E-state index in [1.807, 2.05) is 0 Å². The average Bonchev–Trinajstić information content (AvgIpc) is 2.75. The predicted octanol–water partition coefficient (Wildman–Crippen LogP) is 0.882. The van der Waals surface area contributed by atoms with Gasteiger partial charge in [-0.15, -0.1) is 0 Å². The maximum atomic E-state index is 6.00. The fourth-order valence-corrected chi connectivity index (χ4v) is 2.22. The summed E-state index contributed by atoms with van der Waals surface area (Å²) >= 11 is 0. The molecular formula is C11H22N2O. The van der Waals surface area contributed by atoms with Crippen molar-refractivity contribution in [2.24, 2.45) is 11.7 Å². The van der Waals surface area contributed by atoms with E-state index in [9.17, 15) is 0 Å². The topological polar surface area (TPSA) is 47.3 Å². The van der Waals surface area contributed by atoms with Gasteiger partial charge in [-0.25, -0.2) is 0 Å². The molecular weight excluding hydrogens is 176 g/mol. The zero-order valence-corrected chi connectivity index (χ0v) is 9.09. The lowest BCUT2D eigenvalue weighted by atomic mass is 9.99. The zero-order valence-electron chi connectivity index (χ0n) is 9.09. The third-order valence-electron chi connectivity index (χ3n) is 3.52. The first-order valence-corrected chi connectivity index (χ1v) is 5.85. The van der Waals surface area contributed by atoms with E-state index >= 15 is 0 Å². The average molecular weight is 198 g/mol. The van der Waals surface area contributed by atoms with Crippen molar-refractivity contribution in [1.29, 1.82) is 0 Å². The van der Waals surface area contributed by atoms with Crippen molar-refractivity contribution < 1.29 is 4.74 Å². The molecule has 0 radical (unpaired) electrons. The standard InChI is InChI=1S/C11H22N2O/c1-2-10-9(3-6-14-10)7-13-8-11(12)4-5-11/h9-10,13H,2-8,12H2,1H3. The second-order valence-electron chi connectivity index (χ2n) is 4.86. The van der Waals surface area contributed by atoms with Crippen molar-refractivity contribution in [2.75, 3.05) is 19.7 Å². The van der Waals surface area contributed by atoms with Gasteiger partial charge in [0.2, 0.25) is 0 Å². The summed E-state index contributed by atoms with van der Waals surface area (Å²) in [5.74, 6) is 0.711. The third-order valence-corrected chi connectivity index (χ3v) is 3.52. The van der Waals surface area contributed by atoms with E-state index in [2.05, 4.69) is 12.2 Å². The molecule has 14 heavy (non-hydrogen) atoms. The number of nitrogens with one attached hydrogen (secondary N) is 1. The van der Waals surface area contributed by atoms with Crippen LogP contribution in [-0.4, -0.2) is 31.3 Å². The largest absolute Gasteiger partial charge is 0.378 e. The molecule has 0 bridgehead atoms. The summed E-state index contributed by atoms with van der Waals surface area (Å²) in [6.07, 6.45) is 5.22. The van der Waals surface area contributed by atoms with Crippen LogP contribution in [0, 0.1) is 5.92 Å². The van der Waals surface area contributed by atoms with Gasteiger partial charge in [0.05, 0.1) is 6.10 Å². The highest BCUT2D eigenvalue weighted by Crippen LogP contribution is 2.31. The van der Waals surface area contributed by atoms with Crippen molar-refractivity contribution in [2.45, 2.75) is 44.2 Å². The van der Waals surface area contributed by atoms with Crippen LogP contribution in [0.15, 0.2) is 0 Å². The highest BCUT2D eigenvalue weighted by Gasteiger charge is 2.38. The lowest BCUT2D eigenvalue weighted by Gasteiger charge is -2.18. The van der Waals surface area contributed by atoms with E-state index in [1.165, 1.54) is 19.3 Å². The van der Waals surface area contributed by atoms with Crippen LogP contribution in [0.2, 0.25) is 0 Å². The van der Waals surface area contributed by atoms with Crippen LogP contribution < -0.4 is 11.1 Å². The first-order valence-electron chi connectivity index (χ1n) is 5.85. The van der Waals surface area contributed by atoms with E-state index in [1.54, 1.807) is 0 Å². The Labute approximate surface area is 86.4 Å². The number of rotatable bonds is 5. The Hall–Kier alpha value is -0.120. The Kier molecular flexibility index (Phi) is 3.10. The van der Waals surface area contributed by atoms with Gasteiger partial charge in [-0.3, -0.25) is 0 Å². The van der Waals surface area contributed by atoms with Gasteiger partial charge in [0.1, 0.15) is 0 Å². The van der Waals surface area contributed by atoms with Crippen LogP contribution in [0.1, 0.15) is 32.6 Å². The molecule has 2 unspecified atom stereocenters. The molecule has 1 saturated heterocycles. The normalized spacial score (nSPS) is 34.7. The van der Waals surface area contributed by atoms with Gasteiger partial charge < -0.3 is 15.8 Å². The van der Waals surface area contributed by atoms with Gasteiger partial charge in [0.25, 0.3) is 0 Å². The first kappa shape index (κ1) is 10.4. The summed E-state index contributed by atoms with van der Waals surface area (Å²) in [6.45, 7) is 5.21. The number of hydrogen-bond acceptors (Lipinski definition) is 3. The molecule has 2 atom stereocenters. The molecule has 3 nitrogen and oxygen atoms in total. The summed E-state index contributed by atoms with van der Waals surface area (Å²) in [7, 11) is 0. The van der Waals surface area contributed by atoms with E-state index in [4.69, 9.17) is 10.5 Å². The Balaban J connectivity index is 1.64. The molecule has 82 valence electrons. The van der Waals surface area contributed by atoms with Gasteiger partial charge in [-0.1, -0.05) is 6.92 Å². The van der Waals surface area contributed by atoms with Crippen LogP contribution >= 0.6 is 0 Å². The Morgan fingerprint density at radius 2 is 2.29 bits per heavy atom. The monoisotopic (exact) mass is 198 g/mol. The Morgan fingerprint density at radius 1 is 1.50 bits per heavy atom. The predicted molar refractivity (Wildman–Crippen MR) is 57.2 cm³/mol. The molecule has 3 heteroatoms. The highest BCUT2D eigenvalue weighted by atomic mass is 16.5.